The SMILES string of the molecule is CCOC(C)(C)CCC/C(C)=C/CCC1(C)CC1C(=O)OC(C)C. The van der Waals surface area contributed by atoms with Crippen molar-refractivity contribution in [3.63, 3.8) is 0 Å². The van der Waals surface area contributed by atoms with Crippen molar-refractivity contribution < 1.29 is 14.3 Å². The Morgan fingerprint density at radius 1 is 1.38 bits per heavy atom. The first-order valence-electron chi connectivity index (χ1n) is 9.60. The normalized spacial score (nSPS) is 24.3. The smallest absolute Gasteiger partial charge is 0.309 e. The molecule has 0 aromatic carbocycles. The minimum absolute atomic E-state index is 0.00800. The Labute approximate surface area is 149 Å². The van der Waals surface area contributed by atoms with Crippen LogP contribution in [0.5, 0.6) is 0 Å². The van der Waals surface area contributed by atoms with E-state index in [1.807, 2.05) is 13.8 Å². The molecule has 0 spiro atoms. The Morgan fingerprint density at radius 2 is 2.04 bits per heavy atom. The first kappa shape index (κ1) is 21.2. The lowest BCUT2D eigenvalue weighted by atomic mass is 9.96. The molecule has 0 heterocycles. The molecule has 0 bridgehead atoms. The first-order valence-corrected chi connectivity index (χ1v) is 9.60. The zero-order valence-corrected chi connectivity index (χ0v) is 16.9. The average Bonchev–Trinajstić information content (AvgIpc) is 3.10. The molecular weight excluding hydrogens is 300 g/mol. The van der Waals surface area contributed by atoms with Gasteiger partial charge in [-0.2, -0.15) is 0 Å². The number of carbonyl (C=O) groups excluding carboxylic acids is 1. The third-order valence-electron chi connectivity index (χ3n) is 5.08. The fourth-order valence-corrected chi connectivity index (χ4v) is 3.37. The van der Waals surface area contributed by atoms with E-state index in [1.165, 1.54) is 5.57 Å². The average molecular weight is 339 g/mol. The van der Waals surface area contributed by atoms with Gasteiger partial charge in [0.2, 0.25) is 0 Å². The molecule has 24 heavy (non-hydrogen) atoms. The standard InChI is InChI=1S/C21H38O3/c1-8-23-20(5,6)13-9-11-17(4)12-10-14-21(7)15-18(21)19(22)24-16(2)3/h12,16,18H,8-11,13-15H2,1-7H3/b17-12+. The molecule has 0 saturated heterocycles. The molecule has 1 aliphatic rings. The van der Waals surface area contributed by atoms with Gasteiger partial charge >= 0.3 is 5.97 Å². The van der Waals surface area contributed by atoms with Crippen LogP contribution in [-0.4, -0.2) is 24.3 Å². The van der Waals surface area contributed by atoms with Crippen LogP contribution in [0, 0.1) is 11.3 Å². The van der Waals surface area contributed by atoms with Gasteiger partial charge in [0.25, 0.3) is 0 Å². The molecule has 0 aromatic rings. The second kappa shape index (κ2) is 9.03. The van der Waals surface area contributed by atoms with Gasteiger partial charge in [-0.1, -0.05) is 18.6 Å². The lowest BCUT2D eigenvalue weighted by Gasteiger charge is -2.24. The molecular formula is C21H38O3. The van der Waals surface area contributed by atoms with E-state index in [4.69, 9.17) is 9.47 Å². The molecule has 1 aliphatic carbocycles. The lowest BCUT2D eigenvalue weighted by Crippen LogP contribution is -2.24. The van der Waals surface area contributed by atoms with E-state index >= 15 is 0 Å². The monoisotopic (exact) mass is 338 g/mol. The highest BCUT2D eigenvalue weighted by atomic mass is 16.5. The topological polar surface area (TPSA) is 35.5 Å². The number of hydrogen-bond acceptors (Lipinski definition) is 3. The number of carbonyl (C=O) groups is 1. The molecule has 0 N–H and O–H groups in total. The Bertz CT molecular complexity index is 436. The van der Waals surface area contributed by atoms with E-state index in [1.54, 1.807) is 0 Å². The highest BCUT2D eigenvalue weighted by molar-refractivity contribution is 5.77. The van der Waals surface area contributed by atoms with E-state index < -0.39 is 0 Å². The highest BCUT2D eigenvalue weighted by Crippen LogP contribution is 2.56. The second-order valence-corrected chi connectivity index (χ2v) is 8.53. The third kappa shape index (κ3) is 7.38. The minimum atomic E-state index is -0.0134. The van der Waals surface area contributed by atoms with Crippen LogP contribution in [0.3, 0.4) is 0 Å². The van der Waals surface area contributed by atoms with Crippen LogP contribution in [0.25, 0.3) is 0 Å². The van der Waals surface area contributed by atoms with Crippen LogP contribution < -0.4 is 0 Å². The zero-order valence-electron chi connectivity index (χ0n) is 16.9. The van der Waals surface area contributed by atoms with Crippen molar-refractivity contribution in [1.82, 2.24) is 0 Å². The van der Waals surface area contributed by atoms with Gasteiger partial charge in [0.05, 0.1) is 17.6 Å². The summed E-state index contributed by atoms with van der Waals surface area (Å²) in [6.07, 6.45) is 8.84. The highest BCUT2D eigenvalue weighted by Gasteiger charge is 2.54. The molecule has 2 atom stereocenters. The van der Waals surface area contributed by atoms with E-state index in [0.29, 0.717) is 0 Å². The number of hydrogen-bond donors (Lipinski definition) is 0. The summed E-state index contributed by atoms with van der Waals surface area (Å²) in [5, 5.41) is 0. The zero-order chi connectivity index (χ0) is 18.4. The van der Waals surface area contributed by atoms with Gasteiger partial charge in [0.1, 0.15) is 0 Å². The van der Waals surface area contributed by atoms with Gasteiger partial charge in [-0.25, -0.2) is 0 Å². The molecule has 0 amide bonds. The molecule has 3 heteroatoms. The summed E-state index contributed by atoms with van der Waals surface area (Å²) >= 11 is 0. The maximum Gasteiger partial charge on any atom is 0.309 e. The summed E-state index contributed by atoms with van der Waals surface area (Å²) in [6, 6.07) is 0. The minimum Gasteiger partial charge on any atom is -0.463 e. The largest absolute Gasteiger partial charge is 0.463 e. The van der Waals surface area contributed by atoms with Crippen LogP contribution in [0.2, 0.25) is 0 Å². The molecule has 1 rings (SSSR count). The number of esters is 1. The Morgan fingerprint density at radius 3 is 2.62 bits per heavy atom. The molecule has 140 valence electrons. The van der Waals surface area contributed by atoms with Crippen LogP contribution in [0.1, 0.15) is 87.0 Å². The van der Waals surface area contributed by atoms with E-state index in [0.717, 1.165) is 45.1 Å². The molecule has 2 unspecified atom stereocenters. The summed E-state index contributed by atoms with van der Waals surface area (Å²) in [4.78, 5) is 12.0. The summed E-state index contributed by atoms with van der Waals surface area (Å²) in [5.41, 5.74) is 1.59. The number of rotatable bonds is 11. The molecule has 0 radical (unpaired) electrons. The van der Waals surface area contributed by atoms with Crippen LogP contribution >= 0.6 is 0 Å². The van der Waals surface area contributed by atoms with Crippen LogP contribution in [-0.2, 0) is 14.3 Å². The van der Waals surface area contributed by atoms with Gasteiger partial charge < -0.3 is 9.47 Å². The van der Waals surface area contributed by atoms with Crippen molar-refractivity contribution in [2.45, 2.75) is 98.7 Å². The van der Waals surface area contributed by atoms with Gasteiger partial charge in [0.15, 0.2) is 0 Å². The Hall–Kier alpha value is -0.830. The third-order valence-corrected chi connectivity index (χ3v) is 5.08. The van der Waals surface area contributed by atoms with Gasteiger partial charge in [0, 0.05) is 6.61 Å². The summed E-state index contributed by atoms with van der Waals surface area (Å²) in [7, 11) is 0. The number of ether oxygens (including phenoxy) is 2. The summed E-state index contributed by atoms with van der Waals surface area (Å²) in [6.45, 7) is 15.4. The van der Waals surface area contributed by atoms with E-state index in [2.05, 4.69) is 40.7 Å². The van der Waals surface area contributed by atoms with Crippen molar-refractivity contribution >= 4 is 5.97 Å². The van der Waals surface area contributed by atoms with Gasteiger partial charge in [-0.3, -0.25) is 4.79 Å². The van der Waals surface area contributed by atoms with Gasteiger partial charge in [-0.15, -0.1) is 0 Å². The molecule has 3 nitrogen and oxygen atoms in total. The fraction of sp³-hybridized carbons (Fsp3) is 0.857. The first-order chi connectivity index (χ1) is 11.1. The summed E-state index contributed by atoms with van der Waals surface area (Å²) in [5.74, 6) is 0.104. The Kier molecular flexibility index (Phi) is 7.98. The van der Waals surface area contributed by atoms with Crippen LogP contribution in [0.15, 0.2) is 11.6 Å². The van der Waals surface area contributed by atoms with Crippen molar-refractivity contribution in [3.8, 4) is 0 Å². The molecule has 1 fully saturated rings. The summed E-state index contributed by atoms with van der Waals surface area (Å²) < 4.78 is 11.1. The second-order valence-electron chi connectivity index (χ2n) is 8.53. The maximum atomic E-state index is 12.0. The molecule has 1 saturated carbocycles. The Balaban J connectivity index is 2.26. The van der Waals surface area contributed by atoms with Crippen molar-refractivity contribution in [2.75, 3.05) is 6.61 Å². The van der Waals surface area contributed by atoms with Crippen LogP contribution in [0.4, 0.5) is 0 Å². The van der Waals surface area contributed by atoms with E-state index in [-0.39, 0.29) is 29.0 Å². The van der Waals surface area contributed by atoms with Gasteiger partial charge in [-0.05, 0) is 85.5 Å². The number of allylic oxidation sites excluding steroid dienone is 2. The predicted molar refractivity (Wildman–Crippen MR) is 100.0 cm³/mol. The molecule has 0 aliphatic heterocycles. The lowest BCUT2D eigenvalue weighted by molar-refractivity contribution is -0.149. The maximum absolute atomic E-state index is 12.0. The molecule has 0 aromatic heterocycles. The fourth-order valence-electron chi connectivity index (χ4n) is 3.37. The van der Waals surface area contributed by atoms with E-state index in [9.17, 15) is 4.79 Å². The predicted octanol–water partition coefficient (Wildman–Crippen LogP) is 5.68. The van der Waals surface area contributed by atoms with Crippen molar-refractivity contribution in [3.05, 3.63) is 11.6 Å². The van der Waals surface area contributed by atoms with Crippen molar-refractivity contribution in [2.24, 2.45) is 11.3 Å². The van der Waals surface area contributed by atoms with Crippen molar-refractivity contribution in [1.29, 1.82) is 0 Å². The quantitative estimate of drug-likeness (QED) is 0.359.